The Balaban J connectivity index is 1.53. The van der Waals surface area contributed by atoms with Crippen LogP contribution in [0.2, 0.25) is 0 Å². The molecule has 0 bridgehead atoms. The zero-order valence-corrected chi connectivity index (χ0v) is 16.2. The number of rotatable bonds is 7. The fourth-order valence-corrected chi connectivity index (χ4v) is 4.02. The monoisotopic (exact) mass is 369 g/mol. The van der Waals surface area contributed by atoms with Crippen LogP contribution < -0.4 is 10.2 Å². The molecule has 1 saturated heterocycles. The highest BCUT2D eigenvalue weighted by atomic mass is 32.2. The van der Waals surface area contributed by atoms with Gasteiger partial charge in [0.2, 0.25) is 5.91 Å². The summed E-state index contributed by atoms with van der Waals surface area (Å²) < 4.78 is 0. The number of nitrogens with one attached hydrogen (secondary N) is 1. The minimum atomic E-state index is 0.0769. The molecule has 0 saturated carbocycles. The van der Waals surface area contributed by atoms with Crippen molar-refractivity contribution in [2.45, 2.75) is 18.2 Å². The van der Waals surface area contributed by atoms with Crippen LogP contribution in [0.3, 0.4) is 0 Å². The molecule has 1 amide bonds. The fourth-order valence-electron chi connectivity index (χ4n) is 3.15. The molecule has 4 nitrogen and oxygen atoms in total. The lowest BCUT2D eigenvalue weighted by Gasteiger charge is -2.36. The van der Waals surface area contributed by atoms with Crippen molar-refractivity contribution in [3.8, 4) is 0 Å². The normalized spacial score (nSPS) is 15.0. The third kappa shape index (κ3) is 5.26. The molecule has 0 aromatic heterocycles. The van der Waals surface area contributed by atoms with Crippen molar-refractivity contribution in [1.29, 1.82) is 0 Å². The van der Waals surface area contributed by atoms with Crippen molar-refractivity contribution in [3.05, 3.63) is 54.6 Å². The van der Waals surface area contributed by atoms with Crippen LogP contribution in [0.5, 0.6) is 0 Å². The smallest absolute Gasteiger partial charge is 0.225 e. The Morgan fingerprint density at radius 1 is 1.00 bits per heavy atom. The number of hydrogen-bond donors (Lipinski definition) is 1. The average molecular weight is 370 g/mol. The summed E-state index contributed by atoms with van der Waals surface area (Å²) in [5.74, 6) is 0.862. The zero-order chi connectivity index (χ0) is 18.2. The highest BCUT2D eigenvalue weighted by Gasteiger charge is 2.18. The van der Waals surface area contributed by atoms with E-state index in [9.17, 15) is 4.79 Å². The minimum absolute atomic E-state index is 0.0769. The predicted molar refractivity (Wildman–Crippen MR) is 111 cm³/mol. The van der Waals surface area contributed by atoms with E-state index in [0.29, 0.717) is 6.42 Å². The van der Waals surface area contributed by atoms with E-state index < -0.39 is 0 Å². The standard InChI is InChI=1S/C21H27N3OS/c1-2-23-13-15-24(16-14-23)20-11-7-6-10-19(20)22-21(25)12-17-26-18-8-4-3-5-9-18/h3-11H,2,12-17H2,1H3,(H,22,25). The molecule has 1 heterocycles. The van der Waals surface area contributed by atoms with Crippen molar-refractivity contribution in [2.24, 2.45) is 0 Å². The Morgan fingerprint density at radius 3 is 2.42 bits per heavy atom. The van der Waals surface area contributed by atoms with E-state index in [-0.39, 0.29) is 5.91 Å². The summed E-state index contributed by atoms with van der Waals surface area (Å²) in [5, 5.41) is 3.11. The number of likely N-dealkylation sites (N-methyl/N-ethyl adjacent to an activating group) is 1. The molecule has 1 N–H and O–H groups in total. The van der Waals surface area contributed by atoms with Crippen LogP contribution in [-0.2, 0) is 4.79 Å². The first-order valence-corrected chi connectivity index (χ1v) is 10.3. The minimum Gasteiger partial charge on any atom is -0.367 e. The summed E-state index contributed by atoms with van der Waals surface area (Å²) in [7, 11) is 0. The summed E-state index contributed by atoms with van der Waals surface area (Å²) in [6, 6.07) is 18.4. The van der Waals surface area contributed by atoms with E-state index in [4.69, 9.17) is 0 Å². The lowest BCUT2D eigenvalue weighted by molar-refractivity contribution is -0.115. The van der Waals surface area contributed by atoms with Gasteiger partial charge in [-0.3, -0.25) is 4.79 Å². The maximum atomic E-state index is 12.4. The molecule has 2 aromatic rings. The van der Waals surface area contributed by atoms with E-state index in [2.05, 4.69) is 40.2 Å². The molecule has 2 aromatic carbocycles. The van der Waals surface area contributed by atoms with Gasteiger partial charge in [0.25, 0.3) is 0 Å². The predicted octanol–water partition coefficient (Wildman–Crippen LogP) is 3.95. The third-order valence-electron chi connectivity index (χ3n) is 4.68. The Bertz CT molecular complexity index is 699. The molecule has 1 aliphatic heterocycles. The number of carbonyl (C=O) groups excluding carboxylic acids is 1. The van der Waals surface area contributed by atoms with Crippen molar-refractivity contribution in [3.63, 3.8) is 0 Å². The van der Waals surface area contributed by atoms with Gasteiger partial charge in [-0.1, -0.05) is 37.3 Å². The topological polar surface area (TPSA) is 35.6 Å². The van der Waals surface area contributed by atoms with Crippen LogP contribution in [0.4, 0.5) is 11.4 Å². The Kier molecular flexibility index (Phi) is 6.97. The molecule has 0 radical (unpaired) electrons. The SMILES string of the molecule is CCN1CCN(c2ccccc2NC(=O)CCSc2ccccc2)CC1. The van der Waals surface area contributed by atoms with Crippen LogP contribution in [0.1, 0.15) is 13.3 Å². The Morgan fingerprint density at radius 2 is 1.69 bits per heavy atom. The first-order valence-electron chi connectivity index (χ1n) is 9.30. The second-order valence-electron chi connectivity index (χ2n) is 6.40. The molecular formula is C21H27N3OS. The molecule has 0 spiro atoms. The van der Waals surface area contributed by atoms with Crippen molar-refractivity contribution in [2.75, 3.05) is 48.7 Å². The zero-order valence-electron chi connectivity index (χ0n) is 15.4. The van der Waals surface area contributed by atoms with Crippen LogP contribution in [0.25, 0.3) is 0 Å². The lowest BCUT2D eigenvalue weighted by Crippen LogP contribution is -2.46. The van der Waals surface area contributed by atoms with Gasteiger partial charge in [0.05, 0.1) is 11.4 Å². The summed E-state index contributed by atoms with van der Waals surface area (Å²) in [4.78, 5) is 18.4. The highest BCUT2D eigenvalue weighted by molar-refractivity contribution is 7.99. The van der Waals surface area contributed by atoms with Crippen LogP contribution in [0.15, 0.2) is 59.5 Å². The first-order chi connectivity index (χ1) is 12.8. The van der Waals surface area contributed by atoms with E-state index in [1.54, 1.807) is 11.8 Å². The third-order valence-corrected chi connectivity index (χ3v) is 5.69. The summed E-state index contributed by atoms with van der Waals surface area (Å²) in [6.07, 6.45) is 0.511. The number of carbonyl (C=O) groups is 1. The molecule has 1 aliphatic rings. The largest absolute Gasteiger partial charge is 0.367 e. The van der Waals surface area contributed by atoms with Crippen LogP contribution in [0, 0.1) is 0 Å². The number of nitrogens with zero attached hydrogens (tertiary/aromatic N) is 2. The van der Waals surface area contributed by atoms with Crippen LogP contribution >= 0.6 is 11.8 Å². The van der Waals surface area contributed by atoms with Gasteiger partial charge in [-0.2, -0.15) is 0 Å². The van der Waals surface area contributed by atoms with E-state index in [0.717, 1.165) is 49.9 Å². The number of piperazine rings is 1. The molecule has 5 heteroatoms. The summed E-state index contributed by atoms with van der Waals surface area (Å²) in [5.41, 5.74) is 2.06. The van der Waals surface area contributed by atoms with Gasteiger partial charge in [-0.25, -0.2) is 0 Å². The van der Waals surface area contributed by atoms with Gasteiger partial charge >= 0.3 is 0 Å². The fraction of sp³-hybridized carbons (Fsp3) is 0.381. The van der Waals surface area contributed by atoms with Crippen molar-refractivity contribution >= 4 is 29.0 Å². The Hall–Kier alpha value is -1.98. The van der Waals surface area contributed by atoms with Gasteiger partial charge < -0.3 is 15.1 Å². The molecule has 3 rings (SSSR count). The van der Waals surface area contributed by atoms with Crippen LogP contribution in [-0.4, -0.2) is 49.3 Å². The van der Waals surface area contributed by atoms with Gasteiger partial charge in [0.1, 0.15) is 0 Å². The first kappa shape index (κ1) is 18.8. The number of hydrogen-bond acceptors (Lipinski definition) is 4. The van der Waals surface area contributed by atoms with Gasteiger partial charge in [0.15, 0.2) is 0 Å². The van der Waals surface area contributed by atoms with E-state index in [1.807, 2.05) is 36.4 Å². The lowest BCUT2D eigenvalue weighted by atomic mass is 10.2. The average Bonchev–Trinajstić information content (AvgIpc) is 2.69. The molecule has 26 heavy (non-hydrogen) atoms. The van der Waals surface area contributed by atoms with E-state index >= 15 is 0 Å². The maximum Gasteiger partial charge on any atom is 0.225 e. The van der Waals surface area contributed by atoms with E-state index in [1.165, 1.54) is 4.90 Å². The second-order valence-corrected chi connectivity index (χ2v) is 7.57. The number of anilines is 2. The molecule has 1 fully saturated rings. The second kappa shape index (κ2) is 9.64. The molecular weight excluding hydrogens is 342 g/mol. The number of amides is 1. The number of thioether (sulfide) groups is 1. The summed E-state index contributed by atoms with van der Waals surface area (Å²) in [6.45, 7) is 7.47. The molecule has 0 atom stereocenters. The number of para-hydroxylation sites is 2. The van der Waals surface area contributed by atoms with Crippen molar-refractivity contribution in [1.82, 2.24) is 4.90 Å². The molecule has 0 unspecified atom stereocenters. The molecule has 0 aliphatic carbocycles. The quantitative estimate of drug-likeness (QED) is 0.750. The van der Waals surface area contributed by atoms with Gasteiger partial charge in [-0.05, 0) is 30.8 Å². The highest BCUT2D eigenvalue weighted by Crippen LogP contribution is 2.27. The van der Waals surface area contributed by atoms with Crippen molar-refractivity contribution < 1.29 is 4.79 Å². The van der Waals surface area contributed by atoms with Gasteiger partial charge in [-0.15, -0.1) is 11.8 Å². The molecule has 138 valence electrons. The number of benzene rings is 2. The summed E-state index contributed by atoms with van der Waals surface area (Å²) >= 11 is 1.72. The Labute approximate surface area is 160 Å². The van der Waals surface area contributed by atoms with Gasteiger partial charge in [0, 0.05) is 43.2 Å². The maximum absolute atomic E-state index is 12.4.